The molecule has 0 radical (unpaired) electrons. The van der Waals surface area contributed by atoms with E-state index in [9.17, 15) is 4.39 Å². The van der Waals surface area contributed by atoms with Crippen LogP contribution < -0.4 is 0 Å². The highest BCUT2D eigenvalue weighted by atomic mass is 19.1. The van der Waals surface area contributed by atoms with Gasteiger partial charge in [-0.25, -0.2) is 4.39 Å². The number of hydrogen-bond acceptors (Lipinski definition) is 2. The molecule has 0 amide bonds. The van der Waals surface area contributed by atoms with Crippen molar-refractivity contribution in [2.24, 2.45) is 7.05 Å². The van der Waals surface area contributed by atoms with Gasteiger partial charge < -0.3 is 0 Å². The van der Waals surface area contributed by atoms with E-state index in [1.54, 1.807) is 4.68 Å². The summed E-state index contributed by atoms with van der Waals surface area (Å²) in [6.45, 7) is 0.791. The topological polar surface area (TPSA) is 21.1 Å². The zero-order valence-corrected chi connectivity index (χ0v) is 10.1. The van der Waals surface area contributed by atoms with Crippen molar-refractivity contribution in [1.29, 1.82) is 0 Å². The molecule has 2 rings (SSSR count). The van der Waals surface area contributed by atoms with Crippen molar-refractivity contribution in [1.82, 2.24) is 14.7 Å². The van der Waals surface area contributed by atoms with Crippen LogP contribution >= 0.6 is 0 Å². The van der Waals surface area contributed by atoms with E-state index >= 15 is 0 Å². The minimum Gasteiger partial charge on any atom is -0.296 e. The number of hydrogen-bond donors (Lipinski definition) is 0. The molecule has 1 fully saturated rings. The molecule has 1 aliphatic rings. The van der Waals surface area contributed by atoms with Crippen LogP contribution in [0.1, 0.15) is 31.2 Å². The molecule has 4 heteroatoms. The van der Waals surface area contributed by atoms with Gasteiger partial charge in [-0.3, -0.25) is 9.58 Å². The van der Waals surface area contributed by atoms with Crippen LogP contribution in [0.2, 0.25) is 0 Å². The fourth-order valence-corrected chi connectivity index (χ4v) is 2.52. The Morgan fingerprint density at radius 1 is 1.50 bits per heavy atom. The zero-order chi connectivity index (χ0) is 11.5. The smallest absolute Gasteiger partial charge is 0.116 e. The van der Waals surface area contributed by atoms with E-state index in [1.165, 1.54) is 0 Å². The lowest BCUT2D eigenvalue weighted by Crippen LogP contribution is -2.40. The summed E-state index contributed by atoms with van der Waals surface area (Å²) in [5.41, 5.74) is 1.16. The van der Waals surface area contributed by atoms with Crippen molar-refractivity contribution in [3.8, 4) is 0 Å². The highest BCUT2D eigenvalue weighted by Gasteiger charge is 2.28. The molecule has 0 N–H and O–H groups in total. The molecule has 1 aromatic heterocycles. The molecule has 16 heavy (non-hydrogen) atoms. The van der Waals surface area contributed by atoms with Crippen LogP contribution in [-0.4, -0.2) is 33.9 Å². The Bertz CT molecular complexity index is 337. The number of aromatic nitrogens is 2. The lowest BCUT2D eigenvalue weighted by molar-refractivity contribution is 0.0906. The van der Waals surface area contributed by atoms with Crippen LogP contribution in [0, 0.1) is 0 Å². The van der Waals surface area contributed by atoms with E-state index in [4.69, 9.17) is 0 Å². The number of alkyl halides is 1. The monoisotopic (exact) mass is 225 g/mol. The van der Waals surface area contributed by atoms with Crippen molar-refractivity contribution in [3.63, 3.8) is 0 Å². The fraction of sp³-hybridized carbons (Fsp3) is 0.750. The van der Waals surface area contributed by atoms with E-state index in [1.807, 2.05) is 26.5 Å². The molecular weight excluding hydrogens is 205 g/mol. The van der Waals surface area contributed by atoms with Crippen molar-refractivity contribution in [2.45, 2.75) is 44.4 Å². The summed E-state index contributed by atoms with van der Waals surface area (Å²) in [6.07, 6.45) is 7.09. The second kappa shape index (κ2) is 4.95. The highest BCUT2D eigenvalue weighted by molar-refractivity contribution is 5.03. The van der Waals surface area contributed by atoms with Crippen molar-refractivity contribution >= 4 is 0 Å². The van der Waals surface area contributed by atoms with Crippen LogP contribution in [0.3, 0.4) is 0 Å². The molecule has 1 aliphatic carbocycles. The van der Waals surface area contributed by atoms with E-state index in [2.05, 4.69) is 10.00 Å². The van der Waals surface area contributed by atoms with Gasteiger partial charge in [-0.15, -0.1) is 0 Å². The van der Waals surface area contributed by atoms with Crippen LogP contribution in [0.15, 0.2) is 12.4 Å². The van der Waals surface area contributed by atoms with Gasteiger partial charge in [0.25, 0.3) is 0 Å². The third kappa shape index (κ3) is 2.61. The predicted octanol–water partition coefficient (Wildman–Crippen LogP) is 2.13. The number of rotatable bonds is 3. The van der Waals surface area contributed by atoms with Crippen LogP contribution in [0.25, 0.3) is 0 Å². The van der Waals surface area contributed by atoms with E-state index < -0.39 is 6.17 Å². The molecule has 2 atom stereocenters. The van der Waals surface area contributed by atoms with Gasteiger partial charge in [0.05, 0.1) is 6.20 Å². The van der Waals surface area contributed by atoms with Gasteiger partial charge in [0.15, 0.2) is 0 Å². The van der Waals surface area contributed by atoms with Crippen molar-refractivity contribution < 1.29 is 4.39 Å². The zero-order valence-electron chi connectivity index (χ0n) is 10.1. The number of halogens is 1. The van der Waals surface area contributed by atoms with Crippen LogP contribution in [0.5, 0.6) is 0 Å². The van der Waals surface area contributed by atoms with Gasteiger partial charge in [0.1, 0.15) is 6.17 Å². The molecule has 0 bridgehead atoms. The maximum absolute atomic E-state index is 13.7. The first-order valence-corrected chi connectivity index (χ1v) is 5.98. The lowest BCUT2D eigenvalue weighted by Gasteiger charge is -2.33. The fourth-order valence-electron chi connectivity index (χ4n) is 2.52. The normalized spacial score (nSPS) is 26.2. The maximum atomic E-state index is 13.7. The summed E-state index contributed by atoms with van der Waals surface area (Å²) in [5, 5.41) is 4.13. The molecule has 1 heterocycles. The van der Waals surface area contributed by atoms with E-state index in [0.717, 1.165) is 37.8 Å². The van der Waals surface area contributed by atoms with Crippen LogP contribution in [-0.2, 0) is 13.6 Å². The van der Waals surface area contributed by atoms with Crippen LogP contribution in [0.4, 0.5) is 4.39 Å². The van der Waals surface area contributed by atoms with Gasteiger partial charge in [-0.1, -0.05) is 12.8 Å². The Labute approximate surface area is 96.2 Å². The highest BCUT2D eigenvalue weighted by Crippen LogP contribution is 2.25. The third-order valence-electron chi connectivity index (χ3n) is 3.40. The second-order valence-corrected chi connectivity index (χ2v) is 4.81. The molecule has 0 aromatic carbocycles. The predicted molar refractivity (Wildman–Crippen MR) is 61.8 cm³/mol. The Balaban J connectivity index is 1.93. The summed E-state index contributed by atoms with van der Waals surface area (Å²) < 4.78 is 15.5. The Hall–Kier alpha value is -0.900. The van der Waals surface area contributed by atoms with E-state index in [-0.39, 0.29) is 6.04 Å². The minimum absolute atomic E-state index is 0.0916. The van der Waals surface area contributed by atoms with Gasteiger partial charge >= 0.3 is 0 Å². The number of nitrogens with zero attached hydrogens (tertiary/aromatic N) is 3. The van der Waals surface area contributed by atoms with E-state index in [0.29, 0.717) is 0 Å². The first-order valence-electron chi connectivity index (χ1n) is 5.98. The first kappa shape index (κ1) is 11.6. The largest absolute Gasteiger partial charge is 0.296 e. The Morgan fingerprint density at radius 3 is 2.88 bits per heavy atom. The summed E-state index contributed by atoms with van der Waals surface area (Å²) >= 11 is 0. The van der Waals surface area contributed by atoms with Gasteiger partial charge in [0.2, 0.25) is 0 Å². The Morgan fingerprint density at radius 2 is 2.25 bits per heavy atom. The summed E-state index contributed by atoms with van der Waals surface area (Å²) in [5.74, 6) is 0. The molecule has 1 saturated carbocycles. The average Bonchev–Trinajstić information content (AvgIpc) is 2.64. The quantitative estimate of drug-likeness (QED) is 0.785. The van der Waals surface area contributed by atoms with Gasteiger partial charge in [-0.05, 0) is 19.9 Å². The molecule has 0 aliphatic heterocycles. The standard InChI is InChI=1S/C12H20FN3/c1-15(8-10-7-14-16(2)9-10)12-6-4-3-5-11(12)13/h7,9,11-12H,3-6,8H2,1-2H3/t11-,12-/m1/s1. The van der Waals surface area contributed by atoms with Gasteiger partial charge in [0, 0.05) is 31.4 Å². The maximum Gasteiger partial charge on any atom is 0.116 e. The Kier molecular flexibility index (Phi) is 3.59. The summed E-state index contributed by atoms with van der Waals surface area (Å²) in [7, 11) is 3.91. The molecule has 3 nitrogen and oxygen atoms in total. The van der Waals surface area contributed by atoms with Crippen molar-refractivity contribution in [3.05, 3.63) is 18.0 Å². The summed E-state index contributed by atoms with van der Waals surface area (Å²) in [6, 6.07) is 0.0916. The lowest BCUT2D eigenvalue weighted by atomic mass is 9.92. The SMILES string of the molecule is CN(Cc1cnn(C)c1)[C@@H]1CCCC[C@H]1F. The summed E-state index contributed by atoms with van der Waals surface area (Å²) in [4.78, 5) is 2.13. The molecular formula is C12H20FN3. The third-order valence-corrected chi connectivity index (χ3v) is 3.40. The first-order chi connectivity index (χ1) is 7.66. The van der Waals surface area contributed by atoms with Crippen molar-refractivity contribution in [2.75, 3.05) is 7.05 Å². The average molecular weight is 225 g/mol. The molecule has 1 aromatic rings. The molecule has 0 saturated heterocycles. The second-order valence-electron chi connectivity index (χ2n) is 4.81. The molecule has 90 valence electrons. The van der Waals surface area contributed by atoms with Gasteiger partial charge in [-0.2, -0.15) is 5.10 Å². The molecule has 0 unspecified atom stereocenters. The number of aryl methyl sites for hydroxylation is 1. The molecule has 0 spiro atoms. The minimum atomic E-state index is -0.657.